The Balaban J connectivity index is 1.65. The van der Waals surface area contributed by atoms with Crippen LogP contribution in [0.25, 0.3) is 5.57 Å². The third-order valence-electron chi connectivity index (χ3n) is 5.11. The first-order chi connectivity index (χ1) is 14.9. The first-order valence-corrected chi connectivity index (χ1v) is 9.59. The molecule has 0 unspecified atom stereocenters. The number of piperazine rings is 1. The van der Waals surface area contributed by atoms with Crippen molar-refractivity contribution in [2.45, 2.75) is 25.3 Å². The molecule has 0 spiro atoms. The van der Waals surface area contributed by atoms with Crippen LogP contribution in [-0.4, -0.2) is 47.8 Å². The van der Waals surface area contributed by atoms with Crippen molar-refractivity contribution in [1.82, 2.24) is 9.88 Å². The average Bonchev–Trinajstić information content (AvgIpc) is 2.72. The number of hydrogen-bond donors (Lipinski definition) is 1. The van der Waals surface area contributed by atoms with Crippen molar-refractivity contribution in [3.05, 3.63) is 60.3 Å². The maximum Gasteiger partial charge on any atom is 0.419 e. The molecule has 172 valence electrons. The number of amides is 2. The van der Waals surface area contributed by atoms with Gasteiger partial charge in [0.25, 0.3) is 0 Å². The van der Waals surface area contributed by atoms with Crippen LogP contribution in [0.1, 0.15) is 18.1 Å². The summed E-state index contributed by atoms with van der Waals surface area (Å²) in [4.78, 5) is 19.4. The van der Waals surface area contributed by atoms with Crippen LogP contribution < -0.4 is 10.2 Å². The zero-order chi connectivity index (χ0) is 23.7. The van der Waals surface area contributed by atoms with E-state index in [2.05, 4.69) is 16.9 Å². The summed E-state index contributed by atoms with van der Waals surface area (Å²) in [5.74, 6) is -0.188. The number of alkyl halides is 6. The number of nitrogens with zero attached hydrogens (tertiary/aromatic N) is 3. The molecule has 3 rings (SSSR count). The van der Waals surface area contributed by atoms with E-state index in [-0.39, 0.29) is 36.7 Å². The van der Waals surface area contributed by atoms with Crippen molar-refractivity contribution in [3.63, 3.8) is 0 Å². The Morgan fingerprint density at radius 3 is 2.31 bits per heavy atom. The first kappa shape index (κ1) is 23.4. The number of carbonyl (C=O) groups excluding carboxylic acids is 1. The van der Waals surface area contributed by atoms with E-state index in [0.29, 0.717) is 0 Å². The molecule has 0 radical (unpaired) electrons. The van der Waals surface area contributed by atoms with Crippen LogP contribution in [0.5, 0.6) is 0 Å². The molecule has 1 atom stereocenters. The number of benzene rings is 1. The van der Waals surface area contributed by atoms with E-state index in [1.165, 1.54) is 46.3 Å². The number of allylic oxidation sites excluding steroid dienone is 1. The largest absolute Gasteiger partial charge is 0.419 e. The highest BCUT2D eigenvalue weighted by atomic mass is 19.4. The van der Waals surface area contributed by atoms with E-state index >= 15 is 0 Å². The second-order valence-electron chi connectivity index (χ2n) is 7.34. The Morgan fingerprint density at radius 1 is 1.09 bits per heavy atom. The molecule has 5 nitrogen and oxygen atoms in total. The minimum absolute atomic E-state index is 0.117. The first-order valence-electron chi connectivity index (χ1n) is 9.59. The Hall–Kier alpha value is -3.24. The highest BCUT2D eigenvalue weighted by molar-refractivity contribution is 5.90. The molecule has 1 N–H and O–H groups in total. The summed E-state index contributed by atoms with van der Waals surface area (Å²) in [7, 11) is 0. The number of urea groups is 1. The van der Waals surface area contributed by atoms with E-state index in [0.717, 1.165) is 6.07 Å². The van der Waals surface area contributed by atoms with Crippen LogP contribution in [0.4, 0.5) is 42.6 Å². The molecule has 1 aliphatic rings. The maximum absolute atomic E-state index is 13.3. The fraction of sp³-hybridized carbons (Fsp3) is 0.333. The predicted octanol–water partition coefficient (Wildman–Crippen LogP) is 5.42. The smallest absolute Gasteiger partial charge is 0.352 e. The average molecular weight is 458 g/mol. The maximum atomic E-state index is 13.3. The summed E-state index contributed by atoms with van der Waals surface area (Å²) in [5.41, 5.74) is -1.67. The second-order valence-corrected chi connectivity index (χ2v) is 7.34. The molecule has 1 fully saturated rings. The molecule has 1 aromatic carbocycles. The minimum Gasteiger partial charge on any atom is -0.352 e. The summed E-state index contributed by atoms with van der Waals surface area (Å²) < 4.78 is 78.0. The van der Waals surface area contributed by atoms with Gasteiger partial charge >= 0.3 is 18.4 Å². The summed E-state index contributed by atoms with van der Waals surface area (Å²) >= 11 is 0. The van der Waals surface area contributed by atoms with Gasteiger partial charge in [0, 0.05) is 37.6 Å². The van der Waals surface area contributed by atoms with Gasteiger partial charge in [-0.2, -0.15) is 26.3 Å². The Kier molecular flexibility index (Phi) is 6.38. The van der Waals surface area contributed by atoms with Gasteiger partial charge in [0.15, 0.2) is 0 Å². The third kappa shape index (κ3) is 5.14. The lowest BCUT2D eigenvalue weighted by molar-refractivity contribution is -0.137. The van der Waals surface area contributed by atoms with E-state index in [1.807, 2.05) is 0 Å². The van der Waals surface area contributed by atoms with Gasteiger partial charge in [-0.05, 0) is 36.8 Å². The quantitative estimate of drug-likeness (QED) is 0.625. The zero-order valence-electron chi connectivity index (χ0n) is 17.0. The number of halogens is 6. The SMILES string of the molecule is C=C(c1ccc(NC(=O)N2CCN(c3ncccc3C(F)(F)F)C[C@H]2C)cc1)C(F)(F)F. The normalized spacial score (nSPS) is 17.3. The highest BCUT2D eigenvalue weighted by Gasteiger charge is 2.37. The van der Waals surface area contributed by atoms with Crippen molar-refractivity contribution in [2.24, 2.45) is 0 Å². The van der Waals surface area contributed by atoms with Crippen LogP contribution >= 0.6 is 0 Å². The lowest BCUT2D eigenvalue weighted by Gasteiger charge is -2.40. The van der Waals surface area contributed by atoms with Crippen molar-refractivity contribution in [2.75, 3.05) is 29.9 Å². The molecule has 11 heteroatoms. The van der Waals surface area contributed by atoms with Crippen LogP contribution in [0.2, 0.25) is 0 Å². The number of pyridine rings is 1. The van der Waals surface area contributed by atoms with Gasteiger partial charge in [0.2, 0.25) is 0 Å². The molecule has 1 aromatic heterocycles. The van der Waals surface area contributed by atoms with Gasteiger partial charge in [-0.1, -0.05) is 18.7 Å². The molecule has 1 saturated heterocycles. The van der Waals surface area contributed by atoms with Crippen molar-refractivity contribution >= 4 is 23.1 Å². The molecule has 32 heavy (non-hydrogen) atoms. The molecular weight excluding hydrogens is 438 g/mol. The van der Waals surface area contributed by atoms with Crippen LogP contribution in [-0.2, 0) is 6.18 Å². The van der Waals surface area contributed by atoms with E-state index in [9.17, 15) is 31.1 Å². The summed E-state index contributed by atoms with van der Waals surface area (Å²) in [5, 5.41) is 2.60. The molecule has 2 aromatic rings. The van der Waals surface area contributed by atoms with Crippen molar-refractivity contribution < 1.29 is 31.1 Å². The van der Waals surface area contributed by atoms with Gasteiger partial charge in [0.05, 0.1) is 11.1 Å². The van der Waals surface area contributed by atoms with Crippen LogP contribution in [0.15, 0.2) is 49.2 Å². The fourth-order valence-corrected chi connectivity index (χ4v) is 3.44. The van der Waals surface area contributed by atoms with Crippen LogP contribution in [0.3, 0.4) is 0 Å². The van der Waals surface area contributed by atoms with Gasteiger partial charge in [-0.3, -0.25) is 0 Å². The summed E-state index contributed by atoms with van der Waals surface area (Å²) in [6.45, 7) is 5.14. The van der Waals surface area contributed by atoms with Gasteiger partial charge in [-0.25, -0.2) is 9.78 Å². The Bertz CT molecular complexity index is 987. The predicted molar refractivity (Wildman–Crippen MR) is 108 cm³/mol. The topological polar surface area (TPSA) is 48.5 Å². The fourth-order valence-electron chi connectivity index (χ4n) is 3.44. The molecular formula is C21H20F6N4O. The minimum atomic E-state index is -4.56. The lowest BCUT2D eigenvalue weighted by atomic mass is 10.1. The van der Waals surface area contributed by atoms with Crippen molar-refractivity contribution in [1.29, 1.82) is 0 Å². The molecule has 1 aliphatic heterocycles. The van der Waals surface area contributed by atoms with Gasteiger partial charge in [-0.15, -0.1) is 0 Å². The molecule has 2 amide bonds. The second kappa shape index (κ2) is 8.71. The monoisotopic (exact) mass is 458 g/mol. The van der Waals surface area contributed by atoms with Gasteiger partial charge < -0.3 is 15.1 Å². The third-order valence-corrected chi connectivity index (χ3v) is 5.11. The number of rotatable bonds is 3. The lowest BCUT2D eigenvalue weighted by Crippen LogP contribution is -2.55. The van der Waals surface area contributed by atoms with Crippen LogP contribution in [0, 0.1) is 0 Å². The van der Waals surface area contributed by atoms with E-state index in [1.54, 1.807) is 6.92 Å². The zero-order valence-corrected chi connectivity index (χ0v) is 17.0. The number of aromatic nitrogens is 1. The molecule has 0 bridgehead atoms. The number of hydrogen-bond acceptors (Lipinski definition) is 3. The van der Waals surface area contributed by atoms with E-state index in [4.69, 9.17) is 0 Å². The molecule has 0 saturated carbocycles. The Morgan fingerprint density at radius 2 is 1.75 bits per heavy atom. The van der Waals surface area contributed by atoms with E-state index < -0.39 is 35.6 Å². The molecule has 2 heterocycles. The number of carbonyl (C=O) groups is 1. The summed E-state index contributed by atoms with van der Waals surface area (Å²) in [6.07, 6.45) is -7.82. The standard InChI is InChI=1S/C21H20F6N4O/c1-13-12-30(18-17(21(25,26)27)4-3-9-28-18)10-11-31(13)19(32)29-16-7-5-15(6-8-16)14(2)20(22,23)24/h3-9,13H,2,10-12H2,1H3,(H,29,32)/t13-/m1/s1. The molecule has 0 aliphatic carbocycles. The van der Waals surface area contributed by atoms with Gasteiger partial charge in [0.1, 0.15) is 5.82 Å². The number of nitrogens with one attached hydrogen (secondary N) is 1. The summed E-state index contributed by atoms with van der Waals surface area (Å²) in [6, 6.07) is 6.30. The Labute approximate surface area is 180 Å². The highest BCUT2D eigenvalue weighted by Crippen LogP contribution is 2.36. The number of anilines is 2. The van der Waals surface area contributed by atoms with Crippen molar-refractivity contribution in [3.8, 4) is 0 Å².